The van der Waals surface area contributed by atoms with Gasteiger partial charge in [0.05, 0.1) is 52.9 Å². The number of nitrogens with one attached hydrogen (secondary N) is 1. The van der Waals surface area contributed by atoms with E-state index in [2.05, 4.69) is 17.4 Å². The monoisotopic (exact) mass is 567 g/mol. The SMILES string of the molecule is c1ccc(CNCc2cc3cc(c2)OCCOCCOCCOc2ccccc2OCCOCCOCCO3)cc1. The van der Waals surface area contributed by atoms with Gasteiger partial charge < -0.3 is 43.2 Å². The predicted octanol–water partition coefficient (Wildman–Crippen LogP) is 4.27. The van der Waals surface area contributed by atoms with Gasteiger partial charge in [-0.2, -0.15) is 0 Å². The van der Waals surface area contributed by atoms with Crippen LogP contribution in [0.15, 0.2) is 72.8 Å². The third-order valence-corrected chi connectivity index (χ3v) is 6.00. The lowest BCUT2D eigenvalue weighted by atomic mass is 10.2. The Balaban J connectivity index is 1.26. The fourth-order valence-electron chi connectivity index (χ4n) is 4.04. The highest BCUT2D eigenvalue weighted by atomic mass is 16.6. The van der Waals surface area contributed by atoms with Gasteiger partial charge in [0.1, 0.15) is 37.9 Å². The van der Waals surface area contributed by atoms with Crippen molar-refractivity contribution in [2.45, 2.75) is 13.1 Å². The maximum atomic E-state index is 5.98. The molecule has 1 N–H and O–H groups in total. The van der Waals surface area contributed by atoms with Gasteiger partial charge in [0.2, 0.25) is 0 Å². The molecule has 0 atom stereocenters. The lowest BCUT2D eigenvalue weighted by Gasteiger charge is -2.14. The molecule has 3 aromatic rings. The summed E-state index contributed by atoms with van der Waals surface area (Å²) in [4.78, 5) is 0. The average Bonchev–Trinajstić information content (AvgIpc) is 3.00. The molecule has 0 saturated carbocycles. The van der Waals surface area contributed by atoms with Gasteiger partial charge in [-0.3, -0.25) is 0 Å². The summed E-state index contributed by atoms with van der Waals surface area (Å²) in [6, 6.07) is 23.8. The van der Waals surface area contributed by atoms with Crippen molar-refractivity contribution in [1.82, 2.24) is 5.32 Å². The first-order valence-electron chi connectivity index (χ1n) is 14.2. The standard InChI is InChI=1S/C32H41NO8/c1-2-6-27(7-3-1)25-33-26-28-22-29-24-30(23-28)39-19-15-35-11-13-37-17-21-41-32-9-5-4-8-31(32)40-20-16-36-12-10-34-14-18-38-29/h1-9,22-24,33H,10-21,25-26H2. The number of para-hydroxylation sites is 2. The minimum absolute atomic E-state index is 0.415. The number of hydrogen-bond acceptors (Lipinski definition) is 9. The minimum atomic E-state index is 0.415. The Morgan fingerprint density at radius 3 is 1.34 bits per heavy atom. The second-order valence-electron chi connectivity index (χ2n) is 9.19. The Morgan fingerprint density at radius 2 is 0.829 bits per heavy atom. The Morgan fingerprint density at radius 1 is 0.415 bits per heavy atom. The summed E-state index contributed by atoms with van der Waals surface area (Å²) in [5, 5.41) is 3.49. The molecule has 4 rings (SSSR count). The molecule has 1 aliphatic rings. The highest BCUT2D eigenvalue weighted by molar-refractivity contribution is 5.40. The lowest BCUT2D eigenvalue weighted by Crippen LogP contribution is -2.15. The number of rotatable bonds is 4. The van der Waals surface area contributed by atoms with Crippen molar-refractivity contribution in [3.63, 3.8) is 0 Å². The van der Waals surface area contributed by atoms with E-state index in [4.69, 9.17) is 37.9 Å². The topological polar surface area (TPSA) is 85.9 Å². The molecule has 0 amide bonds. The number of ether oxygens (including phenoxy) is 8. The molecule has 0 aromatic heterocycles. The first kappa shape index (κ1) is 30.6. The summed E-state index contributed by atoms with van der Waals surface area (Å²) in [7, 11) is 0. The summed E-state index contributed by atoms with van der Waals surface area (Å²) >= 11 is 0. The van der Waals surface area contributed by atoms with Gasteiger partial charge in [0.15, 0.2) is 11.5 Å². The minimum Gasteiger partial charge on any atom is -0.491 e. The van der Waals surface area contributed by atoms with Crippen molar-refractivity contribution in [3.05, 3.63) is 83.9 Å². The van der Waals surface area contributed by atoms with Crippen molar-refractivity contribution in [3.8, 4) is 23.0 Å². The molecule has 1 aliphatic heterocycles. The van der Waals surface area contributed by atoms with E-state index in [0.717, 1.165) is 23.6 Å². The van der Waals surface area contributed by atoms with Crippen LogP contribution in [0.25, 0.3) is 0 Å². The van der Waals surface area contributed by atoms with Crippen LogP contribution in [0.3, 0.4) is 0 Å². The van der Waals surface area contributed by atoms with E-state index in [1.165, 1.54) is 5.56 Å². The fraction of sp³-hybridized carbons (Fsp3) is 0.438. The first-order valence-corrected chi connectivity index (χ1v) is 14.2. The molecule has 9 heteroatoms. The summed E-state index contributed by atoms with van der Waals surface area (Å²) in [6.45, 7) is 6.83. The third kappa shape index (κ3) is 12.4. The normalized spacial score (nSPS) is 16.8. The predicted molar refractivity (Wildman–Crippen MR) is 155 cm³/mol. The van der Waals surface area contributed by atoms with Gasteiger partial charge in [-0.15, -0.1) is 0 Å². The fourth-order valence-corrected chi connectivity index (χ4v) is 4.04. The molecule has 0 fully saturated rings. The van der Waals surface area contributed by atoms with Crippen LogP contribution in [0.1, 0.15) is 11.1 Å². The van der Waals surface area contributed by atoms with Crippen molar-refractivity contribution < 1.29 is 37.9 Å². The summed E-state index contributed by atoms with van der Waals surface area (Å²) in [5.41, 5.74) is 2.30. The van der Waals surface area contributed by atoms with Gasteiger partial charge in [-0.05, 0) is 35.4 Å². The van der Waals surface area contributed by atoms with Crippen LogP contribution >= 0.6 is 0 Å². The Labute approximate surface area is 242 Å². The molecule has 222 valence electrons. The molecule has 0 aliphatic carbocycles. The molecular weight excluding hydrogens is 526 g/mol. The first-order chi connectivity index (χ1) is 20.4. The van der Waals surface area contributed by atoms with Gasteiger partial charge in [-0.1, -0.05) is 42.5 Å². The van der Waals surface area contributed by atoms with E-state index in [1.54, 1.807) is 0 Å². The Kier molecular flexibility index (Phi) is 14.1. The molecule has 0 saturated heterocycles. The van der Waals surface area contributed by atoms with E-state index in [-0.39, 0.29) is 0 Å². The highest BCUT2D eigenvalue weighted by Crippen LogP contribution is 2.26. The zero-order valence-corrected chi connectivity index (χ0v) is 23.6. The number of hydrogen-bond donors (Lipinski definition) is 1. The summed E-state index contributed by atoms with van der Waals surface area (Å²) in [5.74, 6) is 2.83. The van der Waals surface area contributed by atoms with Crippen LogP contribution in [0.2, 0.25) is 0 Å². The van der Waals surface area contributed by atoms with E-state index in [9.17, 15) is 0 Å². The van der Waals surface area contributed by atoms with E-state index in [1.807, 2.05) is 60.7 Å². The maximum Gasteiger partial charge on any atom is 0.161 e. The molecule has 3 aromatic carbocycles. The largest absolute Gasteiger partial charge is 0.491 e. The summed E-state index contributed by atoms with van der Waals surface area (Å²) in [6.07, 6.45) is 0. The molecule has 2 bridgehead atoms. The zero-order valence-electron chi connectivity index (χ0n) is 23.6. The van der Waals surface area contributed by atoms with Gasteiger partial charge in [-0.25, -0.2) is 0 Å². The quantitative estimate of drug-likeness (QED) is 0.497. The molecule has 0 spiro atoms. The van der Waals surface area contributed by atoms with Crippen molar-refractivity contribution >= 4 is 0 Å². The van der Waals surface area contributed by atoms with Gasteiger partial charge in [0.25, 0.3) is 0 Å². The molecule has 1 heterocycles. The van der Waals surface area contributed by atoms with E-state index < -0.39 is 0 Å². The number of fused-ring (bicyclic) bond motifs is 3. The van der Waals surface area contributed by atoms with Gasteiger partial charge >= 0.3 is 0 Å². The lowest BCUT2D eigenvalue weighted by molar-refractivity contribution is 0.0253. The van der Waals surface area contributed by atoms with Crippen molar-refractivity contribution in [2.75, 3.05) is 79.3 Å². The Bertz CT molecular complexity index is 1050. The van der Waals surface area contributed by atoms with Crippen molar-refractivity contribution in [2.24, 2.45) is 0 Å². The second kappa shape index (κ2) is 18.9. The van der Waals surface area contributed by atoms with Crippen LogP contribution in [0.5, 0.6) is 23.0 Å². The molecular formula is C32H41NO8. The number of benzene rings is 3. The third-order valence-electron chi connectivity index (χ3n) is 6.00. The summed E-state index contributed by atoms with van der Waals surface area (Å²) < 4.78 is 46.2. The Hall–Kier alpha value is -3.34. The smallest absolute Gasteiger partial charge is 0.161 e. The van der Waals surface area contributed by atoms with E-state index >= 15 is 0 Å². The van der Waals surface area contributed by atoms with E-state index in [0.29, 0.717) is 97.3 Å². The zero-order chi connectivity index (χ0) is 28.2. The van der Waals surface area contributed by atoms with Gasteiger partial charge in [0, 0.05) is 19.2 Å². The molecule has 0 unspecified atom stereocenters. The second-order valence-corrected chi connectivity index (χ2v) is 9.19. The maximum absolute atomic E-state index is 5.98. The highest BCUT2D eigenvalue weighted by Gasteiger charge is 2.07. The van der Waals surface area contributed by atoms with Crippen LogP contribution in [-0.2, 0) is 32.0 Å². The van der Waals surface area contributed by atoms with Crippen LogP contribution in [0.4, 0.5) is 0 Å². The average molecular weight is 568 g/mol. The van der Waals surface area contributed by atoms with Crippen LogP contribution < -0.4 is 24.3 Å². The molecule has 9 nitrogen and oxygen atoms in total. The van der Waals surface area contributed by atoms with Crippen molar-refractivity contribution in [1.29, 1.82) is 0 Å². The molecule has 0 radical (unpaired) electrons. The van der Waals surface area contributed by atoms with Crippen LogP contribution in [-0.4, -0.2) is 79.3 Å². The molecule has 41 heavy (non-hydrogen) atoms. The van der Waals surface area contributed by atoms with Crippen LogP contribution in [0, 0.1) is 0 Å².